The number of oxazole rings is 1. The van der Waals surface area contributed by atoms with Gasteiger partial charge >= 0.3 is 0 Å². The van der Waals surface area contributed by atoms with Gasteiger partial charge in [0.2, 0.25) is 20.7 Å². The minimum absolute atomic E-state index is 0.0543. The summed E-state index contributed by atoms with van der Waals surface area (Å²) in [6.45, 7) is 5.79. The number of piperidine rings is 1. The zero-order valence-electron chi connectivity index (χ0n) is 15.3. The Labute approximate surface area is 158 Å². The Kier molecular flexibility index (Phi) is 4.55. The molecule has 7 heteroatoms. The lowest BCUT2D eigenvalue weighted by Gasteiger charge is -2.34. The van der Waals surface area contributed by atoms with Gasteiger partial charge in [-0.05, 0) is 42.5 Å². The van der Waals surface area contributed by atoms with Crippen molar-refractivity contribution in [3.63, 3.8) is 0 Å². The summed E-state index contributed by atoms with van der Waals surface area (Å²) in [6, 6.07) is 11.7. The van der Waals surface area contributed by atoms with E-state index in [0.717, 1.165) is 19.5 Å². The number of hydrogen-bond donors (Lipinski definition) is 0. The van der Waals surface area contributed by atoms with Gasteiger partial charge in [0.25, 0.3) is 5.89 Å². The molecule has 1 fully saturated rings. The summed E-state index contributed by atoms with van der Waals surface area (Å²) in [4.78, 5) is 6.53. The molecule has 0 radical (unpaired) electrons. The molecule has 0 amide bonds. The second kappa shape index (κ2) is 6.88. The third-order valence-electron chi connectivity index (χ3n) is 4.78. The van der Waals surface area contributed by atoms with E-state index >= 15 is 0 Å². The molecule has 0 unspecified atom stereocenters. The SMILES string of the molecule is C[C@@H]1C[C@H](C)CN(c2oc(-c3ccco3)nc2S(=O)(=O)c2ccccc2)C1. The summed E-state index contributed by atoms with van der Waals surface area (Å²) in [7, 11) is -3.81. The van der Waals surface area contributed by atoms with Crippen molar-refractivity contribution in [1.29, 1.82) is 0 Å². The van der Waals surface area contributed by atoms with Crippen molar-refractivity contribution in [1.82, 2.24) is 4.98 Å². The molecular weight excluding hydrogens is 364 g/mol. The van der Waals surface area contributed by atoms with Gasteiger partial charge in [0.05, 0.1) is 11.2 Å². The maximum Gasteiger partial charge on any atom is 0.266 e. The van der Waals surface area contributed by atoms with E-state index in [-0.39, 0.29) is 15.8 Å². The highest BCUT2D eigenvalue weighted by Gasteiger charge is 2.34. The molecule has 3 aromatic rings. The molecule has 142 valence electrons. The molecule has 1 aliphatic heterocycles. The van der Waals surface area contributed by atoms with Crippen LogP contribution in [-0.2, 0) is 9.84 Å². The largest absolute Gasteiger partial charge is 0.459 e. The predicted octanol–water partition coefficient (Wildman–Crippen LogP) is 4.25. The topological polar surface area (TPSA) is 76.6 Å². The molecule has 4 rings (SSSR count). The Morgan fingerprint density at radius 3 is 2.37 bits per heavy atom. The molecule has 1 aromatic carbocycles. The van der Waals surface area contributed by atoms with Crippen LogP contribution in [0.25, 0.3) is 11.7 Å². The molecule has 27 heavy (non-hydrogen) atoms. The summed E-state index contributed by atoms with van der Waals surface area (Å²) in [5.74, 6) is 1.76. The molecule has 2 aromatic heterocycles. The van der Waals surface area contributed by atoms with Crippen molar-refractivity contribution >= 4 is 15.7 Å². The van der Waals surface area contributed by atoms with Crippen LogP contribution in [0.2, 0.25) is 0 Å². The Balaban J connectivity index is 1.84. The van der Waals surface area contributed by atoms with Crippen molar-refractivity contribution in [3.05, 3.63) is 48.7 Å². The molecule has 0 bridgehead atoms. The van der Waals surface area contributed by atoms with Crippen LogP contribution in [0.5, 0.6) is 0 Å². The summed E-state index contributed by atoms with van der Waals surface area (Å²) < 4.78 is 37.8. The fraction of sp³-hybridized carbons (Fsp3) is 0.350. The lowest BCUT2D eigenvalue weighted by molar-refractivity contribution is 0.342. The van der Waals surface area contributed by atoms with Gasteiger partial charge in [-0.15, -0.1) is 0 Å². The zero-order valence-corrected chi connectivity index (χ0v) is 16.1. The normalized spacial score (nSPS) is 20.7. The molecule has 6 nitrogen and oxygen atoms in total. The van der Waals surface area contributed by atoms with E-state index in [1.807, 2.05) is 4.90 Å². The Bertz CT molecular complexity index is 1000. The number of furan rings is 1. The van der Waals surface area contributed by atoms with Crippen molar-refractivity contribution in [3.8, 4) is 11.7 Å². The van der Waals surface area contributed by atoms with Crippen LogP contribution in [-0.4, -0.2) is 26.5 Å². The lowest BCUT2D eigenvalue weighted by Crippen LogP contribution is -2.39. The molecule has 0 N–H and O–H groups in total. The average molecular weight is 386 g/mol. The Hall–Kier alpha value is -2.54. The number of anilines is 1. The first-order valence-corrected chi connectivity index (χ1v) is 10.5. The second-order valence-electron chi connectivity index (χ2n) is 7.27. The minimum Gasteiger partial charge on any atom is -0.459 e. The van der Waals surface area contributed by atoms with Crippen molar-refractivity contribution < 1.29 is 17.3 Å². The smallest absolute Gasteiger partial charge is 0.266 e. The molecule has 2 atom stereocenters. The van der Waals surface area contributed by atoms with Gasteiger partial charge < -0.3 is 13.7 Å². The number of sulfone groups is 1. The molecular formula is C20H22N2O4S. The van der Waals surface area contributed by atoms with Crippen LogP contribution in [0.3, 0.4) is 0 Å². The van der Waals surface area contributed by atoms with Crippen LogP contribution in [0.1, 0.15) is 20.3 Å². The average Bonchev–Trinajstić information content (AvgIpc) is 3.31. The maximum absolute atomic E-state index is 13.3. The third kappa shape index (κ3) is 3.39. The lowest BCUT2D eigenvalue weighted by atomic mass is 9.92. The number of aromatic nitrogens is 1. The fourth-order valence-electron chi connectivity index (χ4n) is 3.72. The molecule has 0 saturated carbocycles. The van der Waals surface area contributed by atoms with E-state index < -0.39 is 9.84 Å². The van der Waals surface area contributed by atoms with Gasteiger partial charge in [-0.2, -0.15) is 4.98 Å². The first kappa shape index (κ1) is 17.9. The second-order valence-corrected chi connectivity index (χ2v) is 9.14. The van der Waals surface area contributed by atoms with Gasteiger partial charge in [0, 0.05) is 13.1 Å². The number of hydrogen-bond acceptors (Lipinski definition) is 6. The van der Waals surface area contributed by atoms with Gasteiger partial charge in [-0.25, -0.2) is 8.42 Å². The van der Waals surface area contributed by atoms with Crippen LogP contribution in [0, 0.1) is 11.8 Å². The van der Waals surface area contributed by atoms with Crippen molar-refractivity contribution in [2.24, 2.45) is 11.8 Å². The monoisotopic (exact) mass is 386 g/mol. The highest BCUT2D eigenvalue weighted by atomic mass is 32.2. The van der Waals surface area contributed by atoms with Gasteiger partial charge in [-0.3, -0.25) is 0 Å². The zero-order chi connectivity index (χ0) is 19.0. The van der Waals surface area contributed by atoms with E-state index in [1.165, 1.54) is 6.26 Å². The highest BCUT2D eigenvalue weighted by molar-refractivity contribution is 7.91. The van der Waals surface area contributed by atoms with Crippen LogP contribution in [0.15, 0.2) is 67.5 Å². The summed E-state index contributed by atoms with van der Waals surface area (Å²) in [5.41, 5.74) is 0. The van der Waals surface area contributed by atoms with E-state index in [4.69, 9.17) is 8.83 Å². The molecule has 1 saturated heterocycles. The molecule has 0 aliphatic carbocycles. The minimum atomic E-state index is -3.81. The summed E-state index contributed by atoms with van der Waals surface area (Å²) in [5, 5.41) is -0.0543. The van der Waals surface area contributed by atoms with Crippen molar-refractivity contribution in [2.75, 3.05) is 18.0 Å². The summed E-state index contributed by atoms with van der Waals surface area (Å²) in [6.07, 6.45) is 2.62. The van der Waals surface area contributed by atoms with E-state index in [1.54, 1.807) is 42.5 Å². The molecule has 3 heterocycles. The van der Waals surface area contributed by atoms with E-state index in [9.17, 15) is 8.42 Å². The van der Waals surface area contributed by atoms with E-state index in [0.29, 0.717) is 23.5 Å². The van der Waals surface area contributed by atoms with Gasteiger partial charge in [0.1, 0.15) is 0 Å². The molecule has 1 aliphatic rings. The van der Waals surface area contributed by atoms with Crippen molar-refractivity contribution in [2.45, 2.75) is 30.2 Å². The Morgan fingerprint density at radius 1 is 1.04 bits per heavy atom. The van der Waals surface area contributed by atoms with Gasteiger partial charge in [-0.1, -0.05) is 32.0 Å². The predicted molar refractivity (Wildman–Crippen MR) is 101 cm³/mol. The first-order chi connectivity index (χ1) is 12.9. The quantitative estimate of drug-likeness (QED) is 0.667. The van der Waals surface area contributed by atoms with Crippen LogP contribution >= 0.6 is 0 Å². The van der Waals surface area contributed by atoms with Gasteiger partial charge in [0.15, 0.2) is 5.76 Å². The highest BCUT2D eigenvalue weighted by Crippen LogP contribution is 2.37. The Morgan fingerprint density at radius 2 is 1.74 bits per heavy atom. The fourth-order valence-corrected chi connectivity index (χ4v) is 5.06. The van der Waals surface area contributed by atoms with Crippen LogP contribution < -0.4 is 4.90 Å². The first-order valence-electron chi connectivity index (χ1n) is 9.05. The van der Waals surface area contributed by atoms with E-state index in [2.05, 4.69) is 18.8 Å². The number of nitrogens with zero attached hydrogens (tertiary/aromatic N) is 2. The van der Waals surface area contributed by atoms with Crippen LogP contribution in [0.4, 0.5) is 5.88 Å². The third-order valence-corrected chi connectivity index (χ3v) is 6.44. The number of rotatable bonds is 4. The standard InChI is InChI=1S/C20H22N2O4S/c1-14-11-15(2)13-22(12-14)20-19(21-18(26-20)17-9-6-10-25-17)27(23,24)16-7-4-3-5-8-16/h3-10,14-15H,11-13H2,1-2H3/t14-,15+. The summed E-state index contributed by atoms with van der Waals surface area (Å²) >= 11 is 0. The number of benzene rings is 1. The molecule has 0 spiro atoms. The maximum atomic E-state index is 13.3.